The molecule has 4 rings (SSSR count). The third-order valence-corrected chi connectivity index (χ3v) is 6.59. The summed E-state index contributed by atoms with van der Waals surface area (Å²) in [7, 11) is 0. The molecule has 0 radical (unpaired) electrons. The predicted molar refractivity (Wildman–Crippen MR) is 145 cm³/mol. The van der Waals surface area contributed by atoms with Crippen LogP contribution in [0.25, 0.3) is 0 Å². The Hall–Kier alpha value is -3.64. The third kappa shape index (κ3) is 6.73. The van der Waals surface area contributed by atoms with Gasteiger partial charge in [0, 0.05) is 23.4 Å². The van der Waals surface area contributed by atoms with Crippen molar-refractivity contribution in [1.82, 2.24) is 4.90 Å². The normalized spacial score (nSPS) is 13.7. The fourth-order valence-electron chi connectivity index (χ4n) is 4.53. The molecule has 1 fully saturated rings. The molecule has 6 nitrogen and oxygen atoms in total. The lowest BCUT2D eigenvalue weighted by molar-refractivity contribution is 0.101. The second kappa shape index (κ2) is 12.4. The largest absolute Gasteiger partial charge is 0.491 e. The Kier molecular flexibility index (Phi) is 8.74. The molecule has 0 saturated carbocycles. The number of benzene rings is 3. The van der Waals surface area contributed by atoms with Crippen LogP contribution in [0.15, 0.2) is 66.7 Å². The minimum atomic E-state index is -0.214. The lowest BCUT2D eigenvalue weighted by Gasteiger charge is -2.26. The molecule has 6 heteroatoms. The van der Waals surface area contributed by atoms with Gasteiger partial charge in [0.2, 0.25) is 0 Å². The number of amides is 2. The lowest BCUT2D eigenvalue weighted by atomic mass is 10.1. The van der Waals surface area contributed by atoms with Gasteiger partial charge in [0.05, 0.1) is 12.3 Å². The number of aryl methyl sites for hydroxylation is 2. The van der Waals surface area contributed by atoms with Gasteiger partial charge in [0.25, 0.3) is 11.8 Å². The minimum absolute atomic E-state index is 0.195. The van der Waals surface area contributed by atoms with Crippen molar-refractivity contribution < 1.29 is 14.3 Å². The highest BCUT2D eigenvalue weighted by atomic mass is 16.5. The average molecular weight is 486 g/mol. The summed E-state index contributed by atoms with van der Waals surface area (Å²) in [5.74, 6) is 0.178. The molecule has 188 valence electrons. The van der Waals surface area contributed by atoms with Gasteiger partial charge < -0.3 is 20.3 Å². The van der Waals surface area contributed by atoms with Crippen molar-refractivity contribution in [2.24, 2.45) is 0 Å². The second-order valence-electron chi connectivity index (χ2n) is 9.35. The van der Waals surface area contributed by atoms with Gasteiger partial charge >= 0.3 is 0 Å². The van der Waals surface area contributed by atoms with E-state index in [-0.39, 0.29) is 11.8 Å². The minimum Gasteiger partial charge on any atom is -0.491 e. The Bertz CT molecular complexity index is 1200. The first-order valence-electron chi connectivity index (χ1n) is 12.7. The van der Waals surface area contributed by atoms with Crippen LogP contribution >= 0.6 is 0 Å². The zero-order chi connectivity index (χ0) is 25.3. The number of likely N-dealkylation sites (tertiary alicyclic amines) is 1. The van der Waals surface area contributed by atoms with E-state index in [0.717, 1.165) is 37.2 Å². The number of hydrogen-bond donors (Lipinski definition) is 2. The molecule has 0 aromatic heterocycles. The summed E-state index contributed by atoms with van der Waals surface area (Å²) >= 11 is 0. The highest BCUT2D eigenvalue weighted by Gasteiger charge is 2.15. The highest BCUT2D eigenvalue weighted by molar-refractivity contribution is 6.08. The average Bonchev–Trinajstić information content (AvgIpc) is 2.88. The summed E-state index contributed by atoms with van der Waals surface area (Å²) in [5.41, 5.74) is 4.12. The van der Waals surface area contributed by atoms with Gasteiger partial charge in [-0.3, -0.25) is 9.59 Å². The summed E-state index contributed by atoms with van der Waals surface area (Å²) in [5, 5.41) is 5.95. The van der Waals surface area contributed by atoms with Crippen LogP contribution in [0.5, 0.6) is 5.75 Å². The van der Waals surface area contributed by atoms with E-state index in [9.17, 15) is 9.59 Å². The number of ether oxygens (including phenoxy) is 1. The summed E-state index contributed by atoms with van der Waals surface area (Å²) in [6, 6.07) is 20.3. The van der Waals surface area contributed by atoms with Gasteiger partial charge in [0.15, 0.2) is 0 Å². The monoisotopic (exact) mass is 485 g/mol. The smallest absolute Gasteiger partial charge is 0.256 e. The number of rotatable bonds is 9. The fraction of sp³-hybridized carbons (Fsp3) is 0.333. The Labute approximate surface area is 213 Å². The maximum atomic E-state index is 13.1. The molecule has 3 aromatic carbocycles. The van der Waals surface area contributed by atoms with Crippen LogP contribution in [0.4, 0.5) is 11.4 Å². The van der Waals surface area contributed by atoms with Crippen LogP contribution < -0.4 is 15.4 Å². The van der Waals surface area contributed by atoms with Gasteiger partial charge in [-0.25, -0.2) is 0 Å². The molecule has 1 heterocycles. The molecule has 0 spiro atoms. The first kappa shape index (κ1) is 25.5. The standard InChI is InChI=1S/C30H35N3O3/c1-22-11-4-6-13-25(22)29(34)31-24-15-16-28(36-20-10-19-33-17-8-3-9-18-33)27(21-24)32-30(35)26-14-7-5-12-23(26)2/h4-7,11-16,21H,3,8-10,17-20H2,1-2H3,(H,31,34)(H,32,35). The van der Waals surface area contributed by atoms with E-state index in [1.165, 1.54) is 19.3 Å². The van der Waals surface area contributed by atoms with Crippen LogP contribution in [0, 0.1) is 13.8 Å². The molecule has 2 N–H and O–H groups in total. The SMILES string of the molecule is Cc1ccccc1C(=O)Nc1ccc(OCCCN2CCCCC2)c(NC(=O)c2ccccc2C)c1. The third-order valence-electron chi connectivity index (χ3n) is 6.59. The molecule has 0 atom stereocenters. The van der Waals surface area contributed by atoms with Crippen molar-refractivity contribution in [1.29, 1.82) is 0 Å². The molecular weight excluding hydrogens is 450 g/mol. The molecule has 0 unspecified atom stereocenters. The highest BCUT2D eigenvalue weighted by Crippen LogP contribution is 2.30. The summed E-state index contributed by atoms with van der Waals surface area (Å²) in [4.78, 5) is 28.4. The molecule has 0 bridgehead atoms. The van der Waals surface area contributed by atoms with Gasteiger partial charge in [-0.05, 0) is 87.7 Å². The van der Waals surface area contributed by atoms with E-state index in [4.69, 9.17) is 4.74 Å². The molecule has 3 aromatic rings. The first-order chi connectivity index (χ1) is 17.5. The Balaban J connectivity index is 1.48. The topological polar surface area (TPSA) is 70.7 Å². The number of nitrogens with one attached hydrogen (secondary N) is 2. The second-order valence-corrected chi connectivity index (χ2v) is 9.35. The van der Waals surface area contributed by atoms with Crippen LogP contribution in [0.1, 0.15) is 57.5 Å². The summed E-state index contributed by atoms with van der Waals surface area (Å²) < 4.78 is 6.10. The molecule has 1 aliphatic heterocycles. The maximum Gasteiger partial charge on any atom is 0.256 e. The molecule has 0 aliphatic carbocycles. The first-order valence-corrected chi connectivity index (χ1v) is 12.7. The van der Waals surface area contributed by atoms with Crippen LogP contribution in [0.2, 0.25) is 0 Å². The molecule has 2 amide bonds. The summed E-state index contributed by atoms with van der Waals surface area (Å²) in [6.07, 6.45) is 4.78. The van der Waals surface area contributed by atoms with Crippen molar-refractivity contribution >= 4 is 23.2 Å². The van der Waals surface area contributed by atoms with Gasteiger partial charge in [-0.2, -0.15) is 0 Å². The van der Waals surface area contributed by atoms with E-state index in [1.807, 2.05) is 56.3 Å². The van der Waals surface area contributed by atoms with E-state index in [0.29, 0.717) is 34.9 Å². The van der Waals surface area contributed by atoms with Crippen molar-refractivity contribution in [3.63, 3.8) is 0 Å². The zero-order valence-electron chi connectivity index (χ0n) is 21.2. The number of anilines is 2. The number of hydrogen-bond acceptors (Lipinski definition) is 4. The number of nitrogens with zero attached hydrogens (tertiary/aromatic N) is 1. The quantitative estimate of drug-likeness (QED) is 0.361. The molecular formula is C30H35N3O3. The van der Waals surface area contributed by atoms with Crippen LogP contribution in [-0.4, -0.2) is 43.0 Å². The van der Waals surface area contributed by atoms with E-state index in [1.54, 1.807) is 24.3 Å². The van der Waals surface area contributed by atoms with Crippen molar-refractivity contribution in [2.45, 2.75) is 39.5 Å². The van der Waals surface area contributed by atoms with Crippen molar-refractivity contribution in [3.05, 3.63) is 89.0 Å². The van der Waals surface area contributed by atoms with E-state index >= 15 is 0 Å². The fourth-order valence-corrected chi connectivity index (χ4v) is 4.53. The van der Waals surface area contributed by atoms with E-state index < -0.39 is 0 Å². The lowest BCUT2D eigenvalue weighted by Crippen LogP contribution is -2.31. The number of carbonyl (C=O) groups is 2. The van der Waals surface area contributed by atoms with Crippen LogP contribution in [0.3, 0.4) is 0 Å². The van der Waals surface area contributed by atoms with Crippen molar-refractivity contribution in [2.75, 3.05) is 36.9 Å². The molecule has 1 aliphatic rings. The summed E-state index contributed by atoms with van der Waals surface area (Å²) in [6.45, 7) is 7.70. The van der Waals surface area contributed by atoms with Gasteiger partial charge in [-0.15, -0.1) is 0 Å². The zero-order valence-corrected chi connectivity index (χ0v) is 21.2. The predicted octanol–water partition coefficient (Wildman–Crippen LogP) is 6.06. The van der Waals surface area contributed by atoms with Crippen LogP contribution in [-0.2, 0) is 0 Å². The Morgan fingerprint density at radius 3 is 2.06 bits per heavy atom. The molecule has 36 heavy (non-hydrogen) atoms. The van der Waals surface area contributed by atoms with Crippen molar-refractivity contribution in [3.8, 4) is 5.75 Å². The van der Waals surface area contributed by atoms with Gasteiger partial charge in [0.1, 0.15) is 5.75 Å². The van der Waals surface area contributed by atoms with Gasteiger partial charge in [-0.1, -0.05) is 42.8 Å². The number of carbonyl (C=O) groups excluding carboxylic acids is 2. The Morgan fingerprint density at radius 1 is 0.806 bits per heavy atom. The maximum absolute atomic E-state index is 13.1. The Morgan fingerprint density at radius 2 is 1.42 bits per heavy atom. The number of piperidine rings is 1. The van der Waals surface area contributed by atoms with E-state index in [2.05, 4.69) is 15.5 Å². The molecule has 1 saturated heterocycles.